The molecule has 2 N–H and O–H groups in total. The van der Waals surface area contributed by atoms with Crippen molar-refractivity contribution in [2.75, 3.05) is 32.5 Å². The van der Waals surface area contributed by atoms with Crippen molar-refractivity contribution in [3.63, 3.8) is 0 Å². The molecule has 0 radical (unpaired) electrons. The number of carbonyl (C=O) groups is 1. The van der Waals surface area contributed by atoms with Crippen molar-refractivity contribution in [1.29, 1.82) is 0 Å². The van der Waals surface area contributed by atoms with Crippen LogP contribution in [0.2, 0.25) is 0 Å². The van der Waals surface area contributed by atoms with E-state index < -0.39 is 0 Å². The van der Waals surface area contributed by atoms with Crippen molar-refractivity contribution < 1.29 is 4.79 Å². The molecule has 0 saturated carbocycles. The van der Waals surface area contributed by atoms with Crippen LogP contribution in [0.5, 0.6) is 0 Å². The Morgan fingerprint density at radius 2 is 2.00 bits per heavy atom. The lowest BCUT2D eigenvalue weighted by molar-refractivity contribution is -0.134. The molecule has 176 valence electrons. The quantitative estimate of drug-likeness (QED) is 0.699. The third kappa shape index (κ3) is 4.99. The molecule has 3 aliphatic rings. The first kappa shape index (κ1) is 23.2. The maximum atomic E-state index is 13.6. The molecule has 4 rings (SSSR count). The van der Waals surface area contributed by atoms with Crippen LogP contribution < -0.4 is 10.6 Å². The van der Waals surface area contributed by atoms with Crippen LogP contribution in [0.4, 0.5) is 5.82 Å². The number of nitrogens with one attached hydrogen (secondary N) is 2. The third-order valence-electron chi connectivity index (χ3n) is 6.90. The van der Waals surface area contributed by atoms with E-state index >= 15 is 0 Å². The lowest BCUT2D eigenvalue weighted by Crippen LogP contribution is -2.54. The third-order valence-corrected chi connectivity index (χ3v) is 6.90. The number of piperidine rings is 1. The number of carbonyl (C=O) groups excluding carboxylic acids is 1. The number of fused-ring (bicyclic) bond motifs is 1. The van der Waals surface area contributed by atoms with Gasteiger partial charge in [0.1, 0.15) is 5.82 Å². The van der Waals surface area contributed by atoms with Gasteiger partial charge in [0.15, 0.2) is 5.82 Å². The van der Waals surface area contributed by atoms with Crippen LogP contribution in [0.1, 0.15) is 82.9 Å². The summed E-state index contributed by atoms with van der Waals surface area (Å²) in [6.45, 7) is 11.4. The van der Waals surface area contributed by atoms with E-state index in [2.05, 4.69) is 61.3 Å². The molecule has 1 aromatic rings. The Bertz CT molecular complexity index is 906. The molecule has 1 saturated heterocycles. The fourth-order valence-electron chi connectivity index (χ4n) is 5.93. The SMILES string of the molecule is CNc1nc(C2CCCCN2C(=O)CC2=CC(C)(C)NC(C)(C)C2)nc2c1CCN(C)C2. The molecule has 0 spiro atoms. The number of likely N-dealkylation sites (tertiary alicyclic amines) is 1. The molecular weight excluding hydrogens is 400 g/mol. The first-order valence-electron chi connectivity index (χ1n) is 12.1. The van der Waals surface area contributed by atoms with Gasteiger partial charge in [-0.1, -0.05) is 11.6 Å². The van der Waals surface area contributed by atoms with E-state index in [-0.39, 0.29) is 23.0 Å². The van der Waals surface area contributed by atoms with Crippen LogP contribution in [0.3, 0.4) is 0 Å². The second-order valence-electron chi connectivity index (χ2n) is 11.1. The number of anilines is 1. The van der Waals surface area contributed by atoms with Crippen molar-refractivity contribution in [3.8, 4) is 0 Å². The highest BCUT2D eigenvalue weighted by molar-refractivity contribution is 5.79. The lowest BCUT2D eigenvalue weighted by atomic mass is 9.82. The summed E-state index contributed by atoms with van der Waals surface area (Å²) in [7, 11) is 4.07. The second kappa shape index (κ2) is 8.75. The largest absolute Gasteiger partial charge is 0.373 e. The molecule has 0 aliphatic carbocycles. The van der Waals surface area contributed by atoms with Crippen LogP contribution in [0.25, 0.3) is 0 Å². The smallest absolute Gasteiger partial charge is 0.227 e. The maximum absolute atomic E-state index is 13.6. The summed E-state index contributed by atoms with van der Waals surface area (Å²) in [5, 5.41) is 6.95. The molecule has 1 unspecified atom stereocenters. The topological polar surface area (TPSA) is 73.4 Å². The Morgan fingerprint density at radius 3 is 2.72 bits per heavy atom. The summed E-state index contributed by atoms with van der Waals surface area (Å²) in [6, 6.07) is -0.0378. The minimum Gasteiger partial charge on any atom is -0.373 e. The van der Waals surface area contributed by atoms with Gasteiger partial charge in [0.25, 0.3) is 0 Å². The van der Waals surface area contributed by atoms with Gasteiger partial charge in [-0.25, -0.2) is 9.97 Å². The van der Waals surface area contributed by atoms with Gasteiger partial charge in [0, 0.05) is 49.7 Å². The van der Waals surface area contributed by atoms with Crippen molar-refractivity contribution in [2.45, 2.75) is 89.9 Å². The van der Waals surface area contributed by atoms with E-state index in [1.807, 2.05) is 7.05 Å². The molecule has 1 atom stereocenters. The van der Waals surface area contributed by atoms with Crippen molar-refractivity contribution in [1.82, 2.24) is 25.1 Å². The van der Waals surface area contributed by atoms with Crippen LogP contribution in [-0.2, 0) is 17.8 Å². The molecule has 1 amide bonds. The zero-order valence-electron chi connectivity index (χ0n) is 20.7. The first-order valence-corrected chi connectivity index (χ1v) is 12.1. The summed E-state index contributed by atoms with van der Waals surface area (Å²) >= 11 is 0. The van der Waals surface area contributed by atoms with Gasteiger partial charge in [0.05, 0.1) is 11.7 Å². The van der Waals surface area contributed by atoms with Gasteiger partial charge in [-0.3, -0.25) is 4.79 Å². The minimum absolute atomic E-state index is 0.00943. The van der Waals surface area contributed by atoms with Crippen molar-refractivity contribution in [2.24, 2.45) is 0 Å². The second-order valence-corrected chi connectivity index (χ2v) is 11.1. The highest BCUT2D eigenvalue weighted by atomic mass is 16.2. The summed E-state index contributed by atoms with van der Waals surface area (Å²) < 4.78 is 0. The Hall–Kier alpha value is -1.99. The van der Waals surface area contributed by atoms with Gasteiger partial charge in [-0.2, -0.15) is 0 Å². The Balaban J connectivity index is 1.59. The van der Waals surface area contributed by atoms with E-state index in [0.717, 1.165) is 69.1 Å². The summed E-state index contributed by atoms with van der Waals surface area (Å²) in [6.07, 6.45) is 7.68. The molecule has 0 aromatic carbocycles. The maximum Gasteiger partial charge on any atom is 0.227 e. The number of nitrogens with zero attached hydrogens (tertiary/aromatic N) is 4. The van der Waals surface area contributed by atoms with Gasteiger partial charge >= 0.3 is 0 Å². The molecule has 7 heteroatoms. The molecule has 7 nitrogen and oxygen atoms in total. The minimum atomic E-state index is -0.103. The zero-order valence-corrected chi connectivity index (χ0v) is 20.7. The first-order chi connectivity index (χ1) is 15.1. The van der Waals surface area contributed by atoms with E-state index in [9.17, 15) is 4.79 Å². The highest BCUT2D eigenvalue weighted by Crippen LogP contribution is 2.35. The number of hydrogen-bond acceptors (Lipinski definition) is 6. The van der Waals surface area contributed by atoms with Crippen LogP contribution >= 0.6 is 0 Å². The Morgan fingerprint density at radius 1 is 1.22 bits per heavy atom. The van der Waals surface area contributed by atoms with Gasteiger partial charge in [-0.15, -0.1) is 0 Å². The lowest BCUT2D eigenvalue weighted by Gasteiger charge is -2.42. The Kier molecular flexibility index (Phi) is 6.34. The molecule has 1 fully saturated rings. The predicted octanol–water partition coefficient (Wildman–Crippen LogP) is 3.43. The molecule has 1 aromatic heterocycles. The molecule has 32 heavy (non-hydrogen) atoms. The number of aromatic nitrogens is 2. The average molecular weight is 441 g/mol. The van der Waals surface area contributed by atoms with Gasteiger partial charge in [0.2, 0.25) is 5.91 Å². The van der Waals surface area contributed by atoms with E-state index in [1.165, 1.54) is 11.1 Å². The molecule has 3 aliphatic heterocycles. The molecular formula is C25H40N6O. The van der Waals surface area contributed by atoms with Crippen LogP contribution in [0, 0.1) is 0 Å². The van der Waals surface area contributed by atoms with E-state index in [0.29, 0.717) is 6.42 Å². The fourth-order valence-corrected chi connectivity index (χ4v) is 5.93. The van der Waals surface area contributed by atoms with Crippen LogP contribution in [0.15, 0.2) is 11.6 Å². The molecule has 4 heterocycles. The molecule has 0 bridgehead atoms. The summed E-state index contributed by atoms with van der Waals surface area (Å²) in [4.78, 5) is 27.8. The fraction of sp³-hybridized carbons (Fsp3) is 0.720. The summed E-state index contributed by atoms with van der Waals surface area (Å²) in [5.74, 6) is 1.94. The number of rotatable bonds is 4. The number of likely N-dealkylation sites (N-methyl/N-ethyl adjacent to an activating group) is 1. The van der Waals surface area contributed by atoms with Gasteiger partial charge < -0.3 is 20.4 Å². The van der Waals surface area contributed by atoms with E-state index in [4.69, 9.17) is 9.97 Å². The monoisotopic (exact) mass is 440 g/mol. The van der Waals surface area contributed by atoms with Gasteiger partial charge in [-0.05, 0) is 66.8 Å². The summed E-state index contributed by atoms with van der Waals surface area (Å²) in [5.41, 5.74) is 3.46. The Labute approximate surface area is 193 Å². The van der Waals surface area contributed by atoms with E-state index in [1.54, 1.807) is 0 Å². The normalized spacial score (nSPS) is 25.1. The number of amides is 1. The standard InChI is InChI=1S/C25H40N6O/c1-24(2)14-17(15-25(3,4)29-24)13-21(32)31-11-8-7-9-20(31)23-27-19-16-30(6)12-10-18(19)22(26-5)28-23/h14,20,29H,7-13,15-16H2,1-6H3,(H,26,27,28). The van der Waals surface area contributed by atoms with Crippen molar-refractivity contribution in [3.05, 3.63) is 28.7 Å². The zero-order chi connectivity index (χ0) is 23.1. The average Bonchev–Trinajstić information content (AvgIpc) is 2.70. The van der Waals surface area contributed by atoms with Crippen LogP contribution in [-0.4, -0.2) is 63.9 Å². The number of hydrogen-bond donors (Lipinski definition) is 2. The predicted molar refractivity (Wildman–Crippen MR) is 129 cm³/mol. The highest BCUT2D eigenvalue weighted by Gasteiger charge is 2.36. The van der Waals surface area contributed by atoms with Crippen molar-refractivity contribution >= 4 is 11.7 Å².